The third kappa shape index (κ3) is 2.96. The molecule has 0 aliphatic carbocycles. The van der Waals surface area contributed by atoms with Crippen LogP contribution in [-0.2, 0) is 27.4 Å². The van der Waals surface area contributed by atoms with Gasteiger partial charge in [0.1, 0.15) is 11.4 Å². The van der Waals surface area contributed by atoms with E-state index >= 15 is 0 Å². The zero-order valence-electron chi connectivity index (χ0n) is 17.5. The molecular formula is C23H26N4O3. The lowest BCUT2D eigenvalue weighted by Gasteiger charge is -2.27. The van der Waals surface area contributed by atoms with E-state index in [1.807, 2.05) is 49.1 Å². The lowest BCUT2D eigenvalue weighted by Crippen LogP contribution is -2.44. The van der Waals surface area contributed by atoms with Crippen molar-refractivity contribution in [3.63, 3.8) is 0 Å². The van der Waals surface area contributed by atoms with Crippen molar-refractivity contribution >= 4 is 11.8 Å². The summed E-state index contributed by atoms with van der Waals surface area (Å²) in [7, 11) is 1.76. The highest BCUT2D eigenvalue weighted by Gasteiger charge is 2.67. The zero-order chi connectivity index (χ0) is 21.0. The predicted octanol–water partition coefficient (Wildman–Crippen LogP) is 1.97. The van der Waals surface area contributed by atoms with Gasteiger partial charge >= 0.3 is 0 Å². The molecule has 2 unspecified atom stereocenters. The Morgan fingerprint density at radius 1 is 1.40 bits per heavy atom. The molecule has 1 aromatic carbocycles. The third-order valence-corrected chi connectivity index (χ3v) is 6.44. The average Bonchev–Trinajstić information content (AvgIpc) is 3.44. The summed E-state index contributed by atoms with van der Waals surface area (Å²) in [4.78, 5) is 37.6. The summed E-state index contributed by atoms with van der Waals surface area (Å²) in [6, 6.07) is 8.17. The van der Waals surface area contributed by atoms with Gasteiger partial charge in [-0.15, -0.1) is 0 Å². The molecule has 7 nitrogen and oxygen atoms in total. The van der Waals surface area contributed by atoms with Crippen LogP contribution >= 0.6 is 0 Å². The van der Waals surface area contributed by atoms with E-state index in [0.29, 0.717) is 19.6 Å². The number of nitrogens with one attached hydrogen (secondary N) is 1. The number of imidazole rings is 1. The van der Waals surface area contributed by atoms with Crippen LogP contribution < -0.4 is 0 Å². The van der Waals surface area contributed by atoms with Gasteiger partial charge in [-0.2, -0.15) is 0 Å². The molecule has 2 amide bonds. The number of likely N-dealkylation sites (tertiary alicyclic amines) is 1. The van der Waals surface area contributed by atoms with E-state index in [4.69, 9.17) is 4.74 Å². The van der Waals surface area contributed by atoms with Crippen LogP contribution in [0, 0.1) is 25.7 Å². The molecule has 4 atom stereocenters. The van der Waals surface area contributed by atoms with Gasteiger partial charge < -0.3 is 19.5 Å². The number of hydrogen-bond donors (Lipinski definition) is 1. The number of H-pyrrole nitrogens is 1. The predicted molar refractivity (Wildman–Crippen MR) is 110 cm³/mol. The van der Waals surface area contributed by atoms with Crippen molar-refractivity contribution in [3.05, 3.63) is 65.3 Å². The fourth-order valence-electron chi connectivity index (χ4n) is 5.13. The normalized spacial score (nSPS) is 29.0. The smallest absolute Gasteiger partial charge is 0.230 e. The average molecular weight is 406 g/mol. The largest absolute Gasteiger partial charge is 0.360 e. The van der Waals surface area contributed by atoms with Gasteiger partial charge in [0.15, 0.2) is 0 Å². The Morgan fingerprint density at radius 3 is 2.97 bits per heavy atom. The molecule has 5 rings (SSSR count). The second-order valence-electron chi connectivity index (χ2n) is 8.79. The number of aromatic amines is 1. The van der Waals surface area contributed by atoms with E-state index in [0.717, 1.165) is 22.6 Å². The highest BCUT2D eigenvalue weighted by atomic mass is 16.5. The molecule has 1 aromatic heterocycles. The number of fused-ring (bicyclic) bond motifs is 1. The van der Waals surface area contributed by atoms with Crippen LogP contribution in [0.5, 0.6) is 0 Å². The van der Waals surface area contributed by atoms with Gasteiger partial charge in [0.25, 0.3) is 0 Å². The van der Waals surface area contributed by atoms with Crippen molar-refractivity contribution in [2.24, 2.45) is 11.8 Å². The molecule has 2 aromatic rings. The number of aromatic nitrogens is 2. The van der Waals surface area contributed by atoms with E-state index < -0.39 is 17.4 Å². The third-order valence-electron chi connectivity index (χ3n) is 6.44. The maximum atomic E-state index is 13.4. The molecule has 0 radical (unpaired) electrons. The molecule has 2 saturated heterocycles. The van der Waals surface area contributed by atoms with E-state index in [9.17, 15) is 9.59 Å². The number of carbonyl (C=O) groups is 2. The number of hydrogen-bond acceptors (Lipinski definition) is 4. The molecule has 1 N–H and O–H groups in total. The molecule has 2 fully saturated rings. The van der Waals surface area contributed by atoms with Crippen molar-refractivity contribution in [2.45, 2.75) is 38.6 Å². The molecule has 1 spiro atoms. The van der Waals surface area contributed by atoms with E-state index in [-0.39, 0.29) is 17.9 Å². The Labute approximate surface area is 175 Å². The van der Waals surface area contributed by atoms with E-state index in [1.54, 1.807) is 18.1 Å². The minimum Gasteiger partial charge on any atom is -0.360 e. The SMILES string of the molecule is Cc1cccc(CN2C[C@@]34C=C[C@@H](O3)C(C(=O)N(C)Cc3ncc(C)[nH]3)C4C2=O)c1. The highest BCUT2D eigenvalue weighted by molar-refractivity contribution is 5.93. The standard InChI is InChI=1S/C23H26N4O3/c1-14-5-4-6-16(9-14)11-27-13-23-8-7-17(30-23)19(20(23)22(27)29)21(28)26(3)12-18-24-10-15(2)25-18/h4-10,17,19-20H,11-13H2,1-3H3,(H,24,25)/t17-,19?,20?,23-/m1/s1. The molecule has 3 aliphatic rings. The van der Waals surface area contributed by atoms with Crippen LogP contribution in [0.25, 0.3) is 0 Å². The number of carbonyl (C=O) groups excluding carboxylic acids is 2. The van der Waals surface area contributed by atoms with Gasteiger partial charge in [-0.25, -0.2) is 4.98 Å². The Morgan fingerprint density at radius 2 is 2.23 bits per heavy atom. The minimum atomic E-state index is -0.686. The van der Waals surface area contributed by atoms with Crippen molar-refractivity contribution in [2.75, 3.05) is 13.6 Å². The fourth-order valence-corrected chi connectivity index (χ4v) is 5.13. The minimum absolute atomic E-state index is 0.00366. The summed E-state index contributed by atoms with van der Waals surface area (Å²) >= 11 is 0. The van der Waals surface area contributed by atoms with Crippen LogP contribution in [0.2, 0.25) is 0 Å². The molecule has 2 bridgehead atoms. The summed E-state index contributed by atoms with van der Waals surface area (Å²) in [5, 5.41) is 0. The quantitative estimate of drug-likeness (QED) is 0.770. The second kappa shape index (κ2) is 6.80. The summed E-state index contributed by atoms with van der Waals surface area (Å²) in [5.74, 6) is -0.298. The van der Waals surface area contributed by atoms with Gasteiger partial charge in [-0.3, -0.25) is 9.59 Å². The first-order valence-electron chi connectivity index (χ1n) is 10.3. The Bertz CT molecular complexity index is 1040. The lowest BCUT2D eigenvalue weighted by atomic mass is 9.76. The van der Waals surface area contributed by atoms with Gasteiger partial charge in [0.2, 0.25) is 11.8 Å². The molecule has 0 saturated carbocycles. The number of benzene rings is 1. The summed E-state index contributed by atoms with van der Waals surface area (Å²) in [6.07, 6.45) is 5.35. The van der Waals surface area contributed by atoms with Crippen molar-refractivity contribution in [1.29, 1.82) is 0 Å². The molecule has 4 heterocycles. The van der Waals surface area contributed by atoms with Crippen LogP contribution in [0.3, 0.4) is 0 Å². The molecule has 156 valence electrons. The van der Waals surface area contributed by atoms with Crippen LogP contribution in [0.1, 0.15) is 22.6 Å². The number of amides is 2. The van der Waals surface area contributed by atoms with E-state index in [1.165, 1.54) is 0 Å². The molecular weight excluding hydrogens is 380 g/mol. The number of ether oxygens (including phenoxy) is 1. The summed E-state index contributed by atoms with van der Waals surface area (Å²) in [5.41, 5.74) is 2.52. The van der Waals surface area contributed by atoms with Crippen LogP contribution in [0.4, 0.5) is 0 Å². The Kier molecular flexibility index (Phi) is 4.32. The van der Waals surface area contributed by atoms with Crippen LogP contribution in [0.15, 0.2) is 42.6 Å². The fraction of sp³-hybridized carbons (Fsp3) is 0.435. The zero-order valence-corrected chi connectivity index (χ0v) is 17.5. The van der Waals surface area contributed by atoms with Crippen molar-refractivity contribution in [3.8, 4) is 0 Å². The summed E-state index contributed by atoms with van der Waals surface area (Å²) in [6.45, 7) is 5.36. The van der Waals surface area contributed by atoms with Crippen molar-refractivity contribution < 1.29 is 14.3 Å². The summed E-state index contributed by atoms with van der Waals surface area (Å²) < 4.78 is 6.24. The van der Waals surface area contributed by atoms with Crippen LogP contribution in [-0.4, -0.2) is 56.9 Å². The number of nitrogens with zero attached hydrogens (tertiary/aromatic N) is 3. The Hall–Kier alpha value is -2.93. The van der Waals surface area contributed by atoms with Crippen molar-refractivity contribution in [1.82, 2.24) is 19.8 Å². The number of rotatable bonds is 5. The first kappa shape index (κ1) is 19.1. The monoisotopic (exact) mass is 406 g/mol. The van der Waals surface area contributed by atoms with E-state index in [2.05, 4.69) is 16.0 Å². The first-order chi connectivity index (χ1) is 14.4. The number of aryl methyl sites for hydroxylation is 2. The highest BCUT2D eigenvalue weighted by Crippen LogP contribution is 2.52. The molecule has 3 aliphatic heterocycles. The van der Waals surface area contributed by atoms with Gasteiger partial charge in [-0.05, 0) is 19.4 Å². The second-order valence-corrected chi connectivity index (χ2v) is 8.79. The Balaban J connectivity index is 1.36. The molecule has 30 heavy (non-hydrogen) atoms. The van der Waals surface area contributed by atoms with Gasteiger partial charge in [-0.1, -0.05) is 42.0 Å². The maximum Gasteiger partial charge on any atom is 0.230 e. The van der Waals surface area contributed by atoms with Gasteiger partial charge in [0, 0.05) is 25.5 Å². The maximum absolute atomic E-state index is 13.4. The first-order valence-corrected chi connectivity index (χ1v) is 10.3. The lowest BCUT2D eigenvalue weighted by molar-refractivity contribution is -0.143. The van der Waals surface area contributed by atoms with Gasteiger partial charge in [0.05, 0.1) is 31.0 Å². The molecule has 7 heteroatoms. The topological polar surface area (TPSA) is 78.5 Å².